The van der Waals surface area contributed by atoms with E-state index in [9.17, 15) is 4.79 Å². The molecule has 1 amide bonds. The van der Waals surface area contributed by atoms with Crippen molar-refractivity contribution in [1.82, 2.24) is 19.9 Å². The van der Waals surface area contributed by atoms with Crippen molar-refractivity contribution in [3.05, 3.63) is 34.6 Å². The van der Waals surface area contributed by atoms with Gasteiger partial charge < -0.3 is 9.42 Å². The standard InChI is InChI=1S/C21H27BrN4O2/c22-18-9-5-7-16(13-18)20-23-19(28-24-20)15-25-10-6-8-17(14-25)21(27)26-11-3-1-2-4-12-26/h5,7,9,13,17H,1-4,6,8,10-12,14-15H2. The second kappa shape index (κ2) is 9.18. The van der Waals surface area contributed by atoms with Gasteiger partial charge in [0.25, 0.3) is 0 Å². The number of benzene rings is 1. The zero-order valence-electron chi connectivity index (χ0n) is 16.1. The molecule has 1 atom stereocenters. The molecule has 6 nitrogen and oxygen atoms in total. The first-order valence-corrected chi connectivity index (χ1v) is 11.1. The van der Waals surface area contributed by atoms with E-state index in [4.69, 9.17) is 4.52 Å². The van der Waals surface area contributed by atoms with Gasteiger partial charge in [-0.2, -0.15) is 4.98 Å². The predicted octanol–water partition coefficient (Wildman–Crippen LogP) is 4.11. The maximum absolute atomic E-state index is 13.0. The van der Waals surface area contributed by atoms with Crippen LogP contribution in [0.15, 0.2) is 33.3 Å². The Labute approximate surface area is 174 Å². The Morgan fingerprint density at radius 3 is 2.75 bits per heavy atom. The molecule has 150 valence electrons. The fraction of sp³-hybridized carbons (Fsp3) is 0.571. The van der Waals surface area contributed by atoms with Crippen LogP contribution in [0, 0.1) is 5.92 Å². The minimum atomic E-state index is 0.0966. The summed E-state index contributed by atoms with van der Waals surface area (Å²) in [5.41, 5.74) is 0.928. The molecule has 2 fully saturated rings. The van der Waals surface area contributed by atoms with Gasteiger partial charge in [-0.25, -0.2) is 0 Å². The highest BCUT2D eigenvalue weighted by molar-refractivity contribution is 9.10. The van der Waals surface area contributed by atoms with Gasteiger partial charge in [0.1, 0.15) is 0 Å². The van der Waals surface area contributed by atoms with Crippen LogP contribution >= 0.6 is 15.9 Å². The summed E-state index contributed by atoms with van der Waals surface area (Å²) in [6.07, 6.45) is 6.80. The number of rotatable bonds is 4. The summed E-state index contributed by atoms with van der Waals surface area (Å²) in [4.78, 5) is 21.9. The second-order valence-corrected chi connectivity index (χ2v) is 8.75. The third-order valence-corrected chi connectivity index (χ3v) is 6.18. The molecule has 0 radical (unpaired) electrons. The number of halogens is 1. The van der Waals surface area contributed by atoms with Crippen molar-refractivity contribution in [2.45, 2.75) is 45.1 Å². The normalized spacial score (nSPS) is 21.5. The number of piperidine rings is 1. The Kier molecular flexibility index (Phi) is 6.42. The molecule has 7 heteroatoms. The van der Waals surface area contributed by atoms with Crippen molar-refractivity contribution >= 4 is 21.8 Å². The smallest absolute Gasteiger partial charge is 0.241 e. The SMILES string of the molecule is O=C(C1CCCN(Cc2nc(-c3cccc(Br)c3)no2)C1)N1CCCCCC1. The minimum Gasteiger partial charge on any atom is -0.342 e. The van der Waals surface area contributed by atoms with E-state index in [0.29, 0.717) is 24.2 Å². The lowest BCUT2D eigenvalue weighted by Gasteiger charge is -2.34. The molecule has 2 saturated heterocycles. The van der Waals surface area contributed by atoms with Gasteiger partial charge in [-0.1, -0.05) is 46.1 Å². The molecule has 1 unspecified atom stereocenters. The van der Waals surface area contributed by atoms with Gasteiger partial charge in [-0.05, 0) is 44.4 Å². The predicted molar refractivity (Wildman–Crippen MR) is 110 cm³/mol. The van der Waals surface area contributed by atoms with Crippen LogP contribution in [0.1, 0.15) is 44.4 Å². The highest BCUT2D eigenvalue weighted by Crippen LogP contribution is 2.24. The number of hydrogen-bond acceptors (Lipinski definition) is 5. The Morgan fingerprint density at radius 2 is 1.96 bits per heavy atom. The molecule has 2 aliphatic rings. The van der Waals surface area contributed by atoms with Crippen LogP contribution in [0.5, 0.6) is 0 Å². The van der Waals surface area contributed by atoms with Crippen LogP contribution in [0.2, 0.25) is 0 Å². The highest BCUT2D eigenvalue weighted by Gasteiger charge is 2.30. The summed E-state index contributed by atoms with van der Waals surface area (Å²) in [6.45, 7) is 4.21. The lowest BCUT2D eigenvalue weighted by molar-refractivity contribution is -0.137. The number of carbonyl (C=O) groups excluding carboxylic acids is 1. The zero-order valence-corrected chi connectivity index (χ0v) is 17.7. The number of aromatic nitrogens is 2. The Balaban J connectivity index is 1.37. The monoisotopic (exact) mass is 446 g/mol. The molecule has 0 N–H and O–H groups in total. The second-order valence-electron chi connectivity index (χ2n) is 7.84. The molecular weight excluding hydrogens is 420 g/mol. The molecule has 1 aromatic carbocycles. The van der Waals surface area contributed by atoms with Crippen molar-refractivity contribution in [3.8, 4) is 11.4 Å². The Hall–Kier alpha value is -1.73. The average molecular weight is 447 g/mol. The summed E-state index contributed by atoms with van der Waals surface area (Å²) in [7, 11) is 0. The average Bonchev–Trinajstić information content (AvgIpc) is 3.00. The number of amides is 1. The zero-order chi connectivity index (χ0) is 19.3. The summed E-state index contributed by atoms with van der Waals surface area (Å²) < 4.78 is 6.47. The molecule has 0 bridgehead atoms. The van der Waals surface area contributed by atoms with E-state index in [-0.39, 0.29) is 5.92 Å². The Bertz CT molecular complexity index is 801. The summed E-state index contributed by atoms with van der Waals surface area (Å²) in [6, 6.07) is 7.88. The highest BCUT2D eigenvalue weighted by atomic mass is 79.9. The van der Waals surface area contributed by atoms with Crippen molar-refractivity contribution in [1.29, 1.82) is 0 Å². The van der Waals surface area contributed by atoms with Crippen molar-refractivity contribution in [3.63, 3.8) is 0 Å². The van der Waals surface area contributed by atoms with E-state index in [1.165, 1.54) is 12.8 Å². The fourth-order valence-electron chi connectivity index (χ4n) is 4.21. The molecule has 1 aromatic heterocycles. The summed E-state index contributed by atoms with van der Waals surface area (Å²) >= 11 is 3.47. The van der Waals surface area contributed by atoms with Crippen LogP contribution in [-0.2, 0) is 11.3 Å². The first-order valence-electron chi connectivity index (χ1n) is 10.3. The van der Waals surface area contributed by atoms with Crippen LogP contribution in [0.3, 0.4) is 0 Å². The third kappa shape index (κ3) is 4.81. The van der Waals surface area contributed by atoms with E-state index in [0.717, 1.165) is 61.9 Å². The van der Waals surface area contributed by atoms with E-state index >= 15 is 0 Å². The van der Waals surface area contributed by atoms with Crippen molar-refractivity contribution in [2.24, 2.45) is 5.92 Å². The topological polar surface area (TPSA) is 62.5 Å². The number of carbonyl (C=O) groups is 1. The number of nitrogens with zero attached hydrogens (tertiary/aromatic N) is 4. The first-order chi connectivity index (χ1) is 13.7. The van der Waals surface area contributed by atoms with Crippen LogP contribution in [0.4, 0.5) is 0 Å². The van der Waals surface area contributed by atoms with Gasteiger partial charge in [0.05, 0.1) is 12.5 Å². The molecule has 0 spiro atoms. The molecule has 4 rings (SSSR count). The van der Waals surface area contributed by atoms with Crippen molar-refractivity contribution < 1.29 is 9.32 Å². The molecule has 0 saturated carbocycles. The molecular formula is C21H27BrN4O2. The number of likely N-dealkylation sites (tertiary alicyclic amines) is 2. The Morgan fingerprint density at radius 1 is 1.14 bits per heavy atom. The molecule has 3 heterocycles. The molecule has 2 aliphatic heterocycles. The third-order valence-electron chi connectivity index (χ3n) is 5.68. The van der Waals surface area contributed by atoms with Crippen molar-refractivity contribution in [2.75, 3.05) is 26.2 Å². The summed E-state index contributed by atoms with van der Waals surface area (Å²) in [5, 5.41) is 4.12. The van der Waals surface area contributed by atoms with Gasteiger partial charge in [0.2, 0.25) is 17.6 Å². The lowest BCUT2D eigenvalue weighted by Crippen LogP contribution is -2.44. The van der Waals surface area contributed by atoms with Crippen LogP contribution in [-0.4, -0.2) is 52.0 Å². The maximum atomic E-state index is 13.0. The van der Waals surface area contributed by atoms with Gasteiger partial charge in [0, 0.05) is 29.7 Å². The van der Waals surface area contributed by atoms with E-state index in [1.807, 2.05) is 24.3 Å². The largest absolute Gasteiger partial charge is 0.342 e. The molecule has 28 heavy (non-hydrogen) atoms. The van der Waals surface area contributed by atoms with Gasteiger partial charge in [-0.3, -0.25) is 9.69 Å². The van der Waals surface area contributed by atoms with E-state index < -0.39 is 0 Å². The minimum absolute atomic E-state index is 0.0966. The maximum Gasteiger partial charge on any atom is 0.241 e. The van der Waals surface area contributed by atoms with Gasteiger partial charge in [0.15, 0.2) is 0 Å². The van der Waals surface area contributed by atoms with Gasteiger partial charge >= 0.3 is 0 Å². The number of hydrogen-bond donors (Lipinski definition) is 0. The molecule has 2 aromatic rings. The summed E-state index contributed by atoms with van der Waals surface area (Å²) in [5.74, 6) is 1.65. The lowest BCUT2D eigenvalue weighted by atomic mass is 9.96. The quantitative estimate of drug-likeness (QED) is 0.706. The van der Waals surface area contributed by atoms with Crippen LogP contribution < -0.4 is 0 Å². The van der Waals surface area contributed by atoms with E-state index in [1.54, 1.807) is 0 Å². The van der Waals surface area contributed by atoms with Gasteiger partial charge in [-0.15, -0.1) is 0 Å². The van der Waals surface area contributed by atoms with E-state index in [2.05, 4.69) is 35.9 Å². The first kappa shape index (κ1) is 19.6. The molecule has 0 aliphatic carbocycles. The fourth-order valence-corrected chi connectivity index (χ4v) is 4.60. The van der Waals surface area contributed by atoms with Crippen LogP contribution in [0.25, 0.3) is 11.4 Å².